The molecule has 2 aromatic heterocycles. The van der Waals surface area contributed by atoms with E-state index in [0.717, 1.165) is 11.0 Å². The molecule has 39 heavy (non-hydrogen) atoms. The number of hydrogen-bond donors (Lipinski definition) is 1. The lowest BCUT2D eigenvalue weighted by Gasteiger charge is -2.38. The number of aromatic nitrogens is 3. The highest BCUT2D eigenvalue weighted by atomic mass is 19.4. The number of esters is 1. The minimum Gasteiger partial charge on any atom is -0.463 e. The molecule has 0 bridgehead atoms. The highest BCUT2D eigenvalue weighted by molar-refractivity contribution is 6.00. The lowest BCUT2D eigenvalue weighted by molar-refractivity contribution is -0.190. The van der Waals surface area contributed by atoms with Gasteiger partial charge in [0.15, 0.2) is 11.9 Å². The second kappa shape index (κ2) is 9.97. The summed E-state index contributed by atoms with van der Waals surface area (Å²) in [4.78, 5) is 37.2. The van der Waals surface area contributed by atoms with Crippen LogP contribution in [0.15, 0.2) is 67.0 Å². The molecule has 2 aromatic carbocycles. The number of benzene rings is 2. The minimum absolute atomic E-state index is 0.207. The number of carbonyl (C=O) groups excluding carboxylic acids is 2. The number of ether oxygens (including phenoxy) is 2. The number of para-hydroxylation sites is 1. The Bertz CT molecular complexity index is 1520. The van der Waals surface area contributed by atoms with Crippen LogP contribution in [0.3, 0.4) is 0 Å². The van der Waals surface area contributed by atoms with E-state index in [0.29, 0.717) is 11.4 Å². The first-order valence-electron chi connectivity index (χ1n) is 11.6. The van der Waals surface area contributed by atoms with Gasteiger partial charge in [-0.15, -0.1) is 0 Å². The van der Waals surface area contributed by atoms with Gasteiger partial charge in [-0.05, 0) is 18.2 Å². The Balaban J connectivity index is 1.45. The van der Waals surface area contributed by atoms with E-state index in [4.69, 9.17) is 4.74 Å². The Kier molecular flexibility index (Phi) is 6.66. The molecule has 202 valence electrons. The van der Waals surface area contributed by atoms with Crippen LogP contribution in [0.25, 0.3) is 22.3 Å². The molecular weight excluding hydrogens is 527 g/mol. The molecule has 1 unspecified atom stereocenters. The van der Waals surface area contributed by atoms with E-state index >= 15 is 8.78 Å². The van der Waals surface area contributed by atoms with Gasteiger partial charge >= 0.3 is 12.1 Å². The molecule has 1 amide bonds. The summed E-state index contributed by atoms with van der Waals surface area (Å²) >= 11 is 0. The zero-order chi connectivity index (χ0) is 27.8. The number of alkyl halides is 5. The van der Waals surface area contributed by atoms with Gasteiger partial charge in [0, 0.05) is 36.3 Å². The third-order valence-corrected chi connectivity index (χ3v) is 6.11. The molecule has 13 heteroatoms. The number of rotatable bonds is 5. The van der Waals surface area contributed by atoms with Gasteiger partial charge in [0.2, 0.25) is 0 Å². The van der Waals surface area contributed by atoms with Crippen LogP contribution in [0, 0.1) is 0 Å². The summed E-state index contributed by atoms with van der Waals surface area (Å²) in [6.07, 6.45) is -5.05. The summed E-state index contributed by atoms with van der Waals surface area (Å²) in [7, 11) is 0. The number of carbonyl (C=O) groups is 2. The number of nitrogens with one attached hydrogen (secondary N) is 1. The van der Waals surface area contributed by atoms with Crippen LogP contribution in [-0.2, 0) is 4.79 Å². The van der Waals surface area contributed by atoms with Crippen molar-refractivity contribution in [3.63, 3.8) is 0 Å². The summed E-state index contributed by atoms with van der Waals surface area (Å²) in [6.45, 7) is -0.918. The van der Waals surface area contributed by atoms with Crippen LogP contribution in [0.2, 0.25) is 0 Å². The maximum Gasteiger partial charge on any atom is 0.491 e. The molecule has 0 aliphatic carbocycles. The molecule has 1 N–H and O–H groups in total. The molecule has 1 fully saturated rings. The largest absolute Gasteiger partial charge is 0.491 e. The van der Waals surface area contributed by atoms with Crippen molar-refractivity contribution in [3.05, 3.63) is 72.6 Å². The molecule has 1 atom stereocenters. The number of halogens is 5. The van der Waals surface area contributed by atoms with Crippen molar-refractivity contribution in [2.75, 3.05) is 13.1 Å². The van der Waals surface area contributed by atoms with Gasteiger partial charge < -0.3 is 19.4 Å². The maximum absolute atomic E-state index is 15.0. The molecular formula is C26H19F5N4O4. The summed E-state index contributed by atoms with van der Waals surface area (Å²) < 4.78 is 78.5. The predicted octanol–water partition coefficient (Wildman–Crippen LogP) is 5.02. The van der Waals surface area contributed by atoms with Crippen molar-refractivity contribution in [3.8, 4) is 23.0 Å². The van der Waals surface area contributed by atoms with E-state index in [9.17, 15) is 22.8 Å². The second-order valence-corrected chi connectivity index (χ2v) is 8.72. The van der Waals surface area contributed by atoms with Crippen molar-refractivity contribution >= 4 is 22.8 Å². The van der Waals surface area contributed by atoms with E-state index in [-0.39, 0.29) is 23.0 Å². The number of H-pyrrole nitrogens is 1. The number of likely N-dealkylation sites (tertiary alicyclic amines) is 1. The molecule has 0 radical (unpaired) electrons. The topological polar surface area (TPSA) is 97.4 Å². The van der Waals surface area contributed by atoms with E-state index in [1.54, 1.807) is 36.5 Å². The summed E-state index contributed by atoms with van der Waals surface area (Å²) in [5, 5.41) is 0.288. The van der Waals surface area contributed by atoms with Gasteiger partial charge in [0.05, 0.1) is 17.6 Å². The van der Waals surface area contributed by atoms with E-state index in [1.165, 1.54) is 24.4 Å². The van der Waals surface area contributed by atoms with Gasteiger partial charge in [-0.2, -0.15) is 13.2 Å². The van der Waals surface area contributed by atoms with Crippen LogP contribution < -0.4 is 9.47 Å². The predicted molar refractivity (Wildman–Crippen MR) is 127 cm³/mol. The minimum atomic E-state index is -5.34. The number of imidazole rings is 1. The SMILES string of the molecule is O=C(c1ccccc1-c1ncc[nH]1)N1CCC(F)(F)C(Oc2nc3ccccc3cc2OC(=O)C(F)(F)F)C1. The fourth-order valence-electron chi connectivity index (χ4n) is 4.17. The Labute approximate surface area is 217 Å². The number of aromatic amines is 1. The highest BCUT2D eigenvalue weighted by Crippen LogP contribution is 2.37. The number of amides is 1. The van der Waals surface area contributed by atoms with Crippen molar-refractivity contribution in [2.24, 2.45) is 0 Å². The molecule has 1 aliphatic rings. The molecule has 5 rings (SSSR count). The standard InChI is InChI=1S/C26H19F5N4O4/c27-25(28)9-12-35(23(36)17-7-3-2-6-16(17)21-32-10-11-33-21)14-20(25)39-22-19(38-24(37)26(29,30)31)13-15-5-1-4-8-18(15)34-22/h1-8,10-11,13,20H,9,12,14H2,(H,32,33). The zero-order valence-corrected chi connectivity index (χ0v) is 19.9. The molecule has 1 aliphatic heterocycles. The normalized spacial score (nSPS) is 17.2. The first kappa shape index (κ1) is 26.1. The van der Waals surface area contributed by atoms with Gasteiger partial charge in [0.25, 0.3) is 17.7 Å². The average molecular weight is 546 g/mol. The van der Waals surface area contributed by atoms with Gasteiger partial charge in [-0.3, -0.25) is 4.79 Å². The third kappa shape index (κ3) is 5.38. The monoisotopic (exact) mass is 546 g/mol. The van der Waals surface area contributed by atoms with Crippen LogP contribution in [0.4, 0.5) is 22.0 Å². The fraction of sp³-hybridized carbons (Fsp3) is 0.231. The van der Waals surface area contributed by atoms with Gasteiger partial charge in [-0.25, -0.2) is 23.5 Å². The smallest absolute Gasteiger partial charge is 0.463 e. The number of pyridine rings is 1. The van der Waals surface area contributed by atoms with Crippen LogP contribution in [-0.4, -0.2) is 63.0 Å². The van der Waals surface area contributed by atoms with Crippen LogP contribution in [0.5, 0.6) is 11.6 Å². The number of fused-ring (bicyclic) bond motifs is 1. The van der Waals surface area contributed by atoms with Crippen molar-refractivity contribution < 1.29 is 41.0 Å². The Morgan fingerprint density at radius 3 is 2.56 bits per heavy atom. The molecule has 0 spiro atoms. The van der Waals surface area contributed by atoms with Gasteiger partial charge in [-0.1, -0.05) is 36.4 Å². The first-order valence-corrected chi connectivity index (χ1v) is 11.6. The Morgan fingerprint density at radius 1 is 1.08 bits per heavy atom. The number of hydrogen-bond acceptors (Lipinski definition) is 6. The van der Waals surface area contributed by atoms with E-state index in [2.05, 4.69) is 19.7 Å². The number of nitrogens with zero attached hydrogens (tertiary/aromatic N) is 3. The van der Waals surface area contributed by atoms with E-state index in [1.807, 2.05) is 0 Å². The average Bonchev–Trinajstić information content (AvgIpc) is 3.44. The summed E-state index contributed by atoms with van der Waals surface area (Å²) in [5.74, 6) is -7.71. The molecule has 1 saturated heterocycles. The third-order valence-electron chi connectivity index (χ3n) is 6.11. The maximum atomic E-state index is 15.0. The first-order chi connectivity index (χ1) is 18.5. The number of piperidine rings is 1. The molecule has 3 heterocycles. The lowest BCUT2D eigenvalue weighted by Crippen LogP contribution is -2.55. The second-order valence-electron chi connectivity index (χ2n) is 8.72. The summed E-state index contributed by atoms with van der Waals surface area (Å²) in [5.41, 5.74) is 0.874. The zero-order valence-electron chi connectivity index (χ0n) is 19.9. The Morgan fingerprint density at radius 2 is 1.82 bits per heavy atom. The van der Waals surface area contributed by atoms with Crippen molar-refractivity contribution in [1.82, 2.24) is 19.9 Å². The van der Waals surface area contributed by atoms with Crippen LogP contribution in [0.1, 0.15) is 16.8 Å². The quantitative estimate of drug-likeness (QED) is 0.279. The summed E-state index contributed by atoms with van der Waals surface area (Å²) in [6, 6.07) is 13.7. The molecule has 4 aromatic rings. The van der Waals surface area contributed by atoms with Crippen molar-refractivity contribution in [2.45, 2.75) is 24.6 Å². The Hall–Kier alpha value is -4.55. The lowest BCUT2D eigenvalue weighted by atomic mass is 10.0. The van der Waals surface area contributed by atoms with Crippen molar-refractivity contribution in [1.29, 1.82) is 0 Å². The van der Waals surface area contributed by atoms with Gasteiger partial charge in [0.1, 0.15) is 5.82 Å². The van der Waals surface area contributed by atoms with E-state index < -0.39 is 54.7 Å². The highest BCUT2D eigenvalue weighted by Gasteiger charge is 2.48. The fourth-order valence-corrected chi connectivity index (χ4v) is 4.17. The molecule has 0 saturated carbocycles. The van der Waals surface area contributed by atoms with Crippen LogP contribution >= 0.6 is 0 Å². The molecule has 8 nitrogen and oxygen atoms in total.